The van der Waals surface area contributed by atoms with Gasteiger partial charge in [0.05, 0.1) is 27.0 Å². The highest BCUT2D eigenvalue weighted by molar-refractivity contribution is 6.36. The molecule has 16 heteroatoms. The van der Waals surface area contributed by atoms with Crippen molar-refractivity contribution < 1.29 is 39.7 Å². The lowest BCUT2D eigenvalue weighted by atomic mass is 10.2. The Labute approximate surface area is 242 Å². The molecule has 0 spiro atoms. The number of nitrogen functional groups attached to an aromatic ring is 3. The van der Waals surface area contributed by atoms with Crippen LogP contribution in [0.4, 0.5) is 62.4 Å². The minimum Gasteiger partial charge on any atom is -0.399 e. The largest absolute Gasteiger partial charge is 0.416 e. The fraction of sp³-hybridized carbons (Fsp3) is 0.0400. The van der Waals surface area contributed by atoms with Crippen molar-refractivity contribution in [2.75, 3.05) is 22.5 Å². The number of rotatable bonds is 1. The molecule has 0 amide bonds. The van der Waals surface area contributed by atoms with Crippen LogP contribution >= 0.6 is 34.8 Å². The second-order valence-electron chi connectivity index (χ2n) is 7.36. The zero-order chi connectivity index (χ0) is 31.5. The minimum atomic E-state index is -4.27. The van der Waals surface area contributed by atoms with E-state index in [0.717, 1.165) is 42.5 Å². The van der Waals surface area contributed by atoms with Gasteiger partial charge in [0.25, 0.3) is 0 Å². The van der Waals surface area contributed by atoms with Crippen LogP contribution in [0.1, 0.15) is 5.56 Å². The molecule has 4 aromatic rings. The van der Waals surface area contributed by atoms with Crippen LogP contribution in [0, 0.1) is 23.3 Å². The molecule has 0 unspecified atom stereocenters. The molecular formula is C25H18Cl3F9N4. The van der Waals surface area contributed by atoms with E-state index in [9.17, 15) is 39.7 Å². The Hall–Kier alpha value is -3.68. The molecule has 0 aromatic heterocycles. The smallest absolute Gasteiger partial charge is 0.399 e. The summed E-state index contributed by atoms with van der Waals surface area (Å²) in [4.78, 5) is 0. The number of anilines is 4. The molecule has 0 atom stereocenters. The quantitative estimate of drug-likeness (QED) is 0.0630. The summed E-state index contributed by atoms with van der Waals surface area (Å²) in [6, 6.07) is 13.5. The lowest BCUT2D eigenvalue weighted by Crippen LogP contribution is -2.04. The molecule has 0 heterocycles. The van der Waals surface area contributed by atoms with Crippen molar-refractivity contribution in [3.05, 3.63) is 117 Å². The molecule has 41 heavy (non-hydrogen) atoms. The van der Waals surface area contributed by atoms with Crippen LogP contribution in [0.2, 0.25) is 15.1 Å². The number of nitrogens with zero attached hydrogens (tertiary/aromatic N) is 1. The Kier molecular flexibility index (Phi) is 13.7. The van der Waals surface area contributed by atoms with Gasteiger partial charge in [-0.1, -0.05) is 55.9 Å². The van der Waals surface area contributed by atoms with Crippen molar-refractivity contribution in [1.29, 1.82) is 0 Å². The van der Waals surface area contributed by atoms with E-state index in [1.165, 1.54) is 30.3 Å². The van der Waals surface area contributed by atoms with E-state index in [1.54, 1.807) is 0 Å². The molecule has 4 nitrogen and oxygen atoms in total. The van der Waals surface area contributed by atoms with Crippen LogP contribution in [0.5, 0.6) is 0 Å². The van der Waals surface area contributed by atoms with Crippen LogP contribution < -0.4 is 22.5 Å². The summed E-state index contributed by atoms with van der Waals surface area (Å²) in [6.07, 6.45) is -4.27. The number of hydrogen-bond donors (Lipinski definition) is 3. The van der Waals surface area contributed by atoms with E-state index in [4.69, 9.17) is 52.0 Å². The van der Waals surface area contributed by atoms with Crippen molar-refractivity contribution in [1.82, 2.24) is 0 Å². The summed E-state index contributed by atoms with van der Waals surface area (Å²) in [6.45, 7) is 0. The fourth-order valence-corrected chi connectivity index (χ4v) is 2.89. The first-order valence-corrected chi connectivity index (χ1v) is 11.7. The molecule has 0 aliphatic rings. The normalized spacial score (nSPS) is 10.2. The molecule has 0 saturated heterocycles. The third-order valence-corrected chi connectivity index (χ3v) is 5.34. The first-order valence-electron chi connectivity index (χ1n) is 10.5. The van der Waals surface area contributed by atoms with Crippen molar-refractivity contribution >= 4 is 57.6 Å². The average molecular weight is 652 g/mol. The average Bonchev–Trinajstić information content (AvgIpc) is 2.89. The van der Waals surface area contributed by atoms with Crippen LogP contribution in [0.15, 0.2) is 72.8 Å². The highest BCUT2D eigenvalue weighted by atomic mass is 35.5. The van der Waals surface area contributed by atoms with Gasteiger partial charge in [0, 0.05) is 5.69 Å². The number of benzene rings is 4. The van der Waals surface area contributed by atoms with Gasteiger partial charge < -0.3 is 17.2 Å². The van der Waals surface area contributed by atoms with Gasteiger partial charge in [-0.15, -0.1) is 0 Å². The number of nitrogens with two attached hydrogens (primary N) is 3. The second-order valence-corrected chi connectivity index (χ2v) is 8.55. The van der Waals surface area contributed by atoms with Crippen molar-refractivity contribution in [3.63, 3.8) is 0 Å². The molecule has 222 valence electrons. The molecule has 0 aliphatic heterocycles. The van der Waals surface area contributed by atoms with Crippen LogP contribution in [0.3, 0.4) is 0 Å². The topological polar surface area (TPSA) is 81.3 Å². The van der Waals surface area contributed by atoms with E-state index < -0.39 is 51.1 Å². The second kappa shape index (κ2) is 15.9. The third-order valence-electron chi connectivity index (χ3n) is 4.38. The summed E-state index contributed by atoms with van der Waals surface area (Å²) in [5.41, 5.74) is 14.5. The van der Waals surface area contributed by atoms with E-state index in [0.29, 0.717) is 5.69 Å². The number of halogens is 12. The predicted molar refractivity (Wildman–Crippen MR) is 144 cm³/mol. The van der Waals surface area contributed by atoms with Crippen LogP contribution in [-0.4, -0.2) is 0 Å². The van der Waals surface area contributed by atoms with E-state index in [2.05, 4.69) is 0 Å². The Morgan fingerprint density at radius 3 is 1.61 bits per heavy atom. The minimum absolute atomic E-state index is 0.0146. The Balaban J connectivity index is 0.000000274. The summed E-state index contributed by atoms with van der Waals surface area (Å²) in [7, 11) is 0. The van der Waals surface area contributed by atoms with Gasteiger partial charge in [-0.3, -0.25) is 0 Å². The summed E-state index contributed by atoms with van der Waals surface area (Å²) < 4.78 is 109. The molecule has 0 bridgehead atoms. The van der Waals surface area contributed by atoms with Crippen molar-refractivity contribution in [2.45, 2.75) is 6.18 Å². The van der Waals surface area contributed by atoms with Gasteiger partial charge in [0.1, 0.15) is 22.3 Å². The Morgan fingerprint density at radius 1 is 0.610 bits per heavy atom. The molecule has 4 rings (SSSR count). The third kappa shape index (κ3) is 11.8. The number of para-hydroxylation sites is 1. The maximum Gasteiger partial charge on any atom is 0.416 e. The van der Waals surface area contributed by atoms with Crippen LogP contribution in [0.25, 0.3) is 0 Å². The van der Waals surface area contributed by atoms with Gasteiger partial charge in [0.2, 0.25) is 0 Å². The van der Waals surface area contributed by atoms with Crippen molar-refractivity contribution in [3.8, 4) is 0 Å². The zero-order valence-electron chi connectivity index (χ0n) is 20.1. The van der Waals surface area contributed by atoms with Gasteiger partial charge in [-0.25, -0.2) is 17.6 Å². The Morgan fingerprint density at radius 2 is 1.17 bits per heavy atom. The van der Waals surface area contributed by atoms with E-state index in [-0.39, 0.29) is 21.4 Å². The maximum absolute atomic E-state index is 12.5. The van der Waals surface area contributed by atoms with Crippen LogP contribution in [-0.2, 0) is 6.18 Å². The standard InChI is InChI=1S/C7H6F3N.C6H4Cl2FN.C6H4ClF2N.C6H4F3N/c8-7(9,10)5-1-3-6(11)4-2-5;7-3-1-4(8)6(10)2-5(3)9;7-5-3(8)1-2-4(10)6(5)9;7-5-3-1-2-4-6(5)10(8)9/h1-4H,11H2;2*1-2H,10H2;1-4H. The molecule has 0 aliphatic carbocycles. The Bertz CT molecular complexity index is 1340. The monoisotopic (exact) mass is 650 g/mol. The first-order chi connectivity index (χ1) is 18.9. The molecule has 0 saturated carbocycles. The summed E-state index contributed by atoms with van der Waals surface area (Å²) in [5, 5.41) is -1.55. The van der Waals surface area contributed by atoms with E-state index in [1.807, 2.05) is 0 Å². The maximum atomic E-state index is 12.5. The highest BCUT2D eigenvalue weighted by Gasteiger charge is 2.29. The van der Waals surface area contributed by atoms with Gasteiger partial charge in [-0.05, 0) is 66.0 Å². The number of alkyl halides is 3. The molecular weight excluding hydrogens is 634 g/mol. The first kappa shape index (κ1) is 35.3. The molecule has 0 fully saturated rings. The number of hydrogen-bond acceptors (Lipinski definition) is 4. The molecule has 0 radical (unpaired) electrons. The lowest BCUT2D eigenvalue weighted by molar-refractivity contribution is -0.137. The van der Waals surface area contributed by atoms with E-state index >= 15 is 0 Å². The van der Waals surface area contributed by atoms with Gasteiger partial charge in [0.15, 0.2) is 11.6 Å². The van der Waals surface area contributed by atoms with Crippen molar-refractivity contribution in [2.24, 2.45) is 0 Å². The van der Waals surface area contributed by atoms with Gasteiger partial charge >= 0.3 is 6.18 Å². The predicted octanol–water partition coefficient (Wildman–Crippen LogP) is 9.60. The summed E-state index contributed by atoms with van der Waals surface area (Å²) in [5.74, 6) is -3.17. The SMILES string of the molecule is Fc1ccccc1N(F)F.Nc1cc(F)c(Cl)cc1Cl.Nc1ccc(C(F)(F)F)cc1.Nc1ccc(F)c(Cl)c1F. The fourth-order valence-electron chi connectivity index (χ4n) is 2.34. The summed E-state index contributed by atoms with van der Waals surface area (Å²) >= 11 is 16.0. The molecule has 6 N–H and O–H groups in total. The van der Waals surface area contributed by atoms with Gasteiger partial charge in [-0.2, -0.15) is 13.2 Å². The molecule has 4 aromatic carbocycles. The zero-order valence-corrected chi connectivity index (χ0v) is 22.4. The lowest BCUT2D eigenvalue weighted by Gasteiger charge is -2.05. The highest BCUT2D eigenvalue weighted by Crippen LogP contribution is 2.29.